The molecule has 1 fully saturated rings. The SMILES string of the molecule is NC1(c2cnc(Cl)c(Cl)c2)CCC(F)(F)CC1. The minimum absolute atomic E-state index is 0.195. The normalized spacial score (nSPS) is 22.4. The Morgan fingerprint density at radius 2 is 1.76 bits per heavy atom. The molecule has 1 aliphatic rings. The Balaban J connectivity index is 2.24. The first-order valence-electron chi connectivity index (χ1n) is 5.31. The molecule has 17 heavy (non-hydrogen) atoms. The van der Waals surface area contributed by atoms with E-state index in [4.69, 9.17) is 28.9 Å². The van der Waals surface area contributed by atoms with E-state index in [0.29, 0.717) is 10.6 Å². The smallest absolute Gasteiger partial charge is 0.248 e. The van der Waals surface area contributed by atoms with Crippen LogP contribution >= 0.6 is 23.2 Å². The Bertz CT molecular complexity index is 427. The van der Waals surface area contributed by atoms with E-state index in [0.717, 1.165) is 0 Å². The van der Waals surface area contributed by atoms with Crippen molar-refractivity contribution in [2.45, 2.75) is 37.1 Å². The van der Waals surface area contributed by atoms with Gasteiger partial charge in [-0.2, -0.15) is 0 Å². The van der Waals surface area contributed by atoms with Gasteiger partial charge in [-0.3, -0.25) is 0 Å². The van der Waals surface area contributed by atoms with E-state index in [-0.39, 0.29) is 30.8 Å². The monoisotopic (exact) mass is 280 g/mol. The first-order chi connectivity index (χ1) is 7.82. The van der Waals surface area contributed by atoms with Gasteiger partial charge >= 0.3 is 0 Å². The minimum atomic E-state index is -2.60. The summed E-state index contributed by atoms with van der Waals surface area (Å²) in [4.78, 5) is 3.90. The van der Waals surface area contributed by atoms with E-state index < -0.39 is 11.5 Å². The maximum absolute atomic E-state index is 13.1. The van der Waals surface area contributed by atoms with Gasteiger partial charge in [-0.15, -0.1) is 0 Å². The number of nitrogens with two attached hydrogens (primary N) is 1. The van der Waals surface area contributed by atoms with E-state index in [1.165, 1.54) is 6.20 Å². The highest BCUT2D eigenvalue weighted by Crippen LogP contribution is 2.42. The molecule has 1 aliphatic carbocycles. The fraction of sp³-hybridized carbons (Fsp3) is 0.545. The quantitative estimate of drug-likeness (QED) is 0.796. The van der Waals surface area contributed by atoms with Crippen LogP contribution in [-0.2, 0) is 5.54 Å². The first-order valence-corrected chi connectivity index (χ1v) is 6.06. The summed E-state index contributed by atoms with van der Waals surface area (Å²) in [7, 11) is 0. The number of pyridine rings is 1. The standard InChI is InChI=1S/C11H12Cl2F2N2/c12-8-5-7(6-17-9(8)13)10(16)1-3-11(14,15)4-2-10/h5-6H,1-4,16H2. The molecule has 0 amide bonds. The van der Waals surface area contributed by atoms with Crippen molar-refractivity contribution in [3.05, 3.63) is 28.0 Å². The second-order valence-corrected chi connectivity index (χ2v) is 5.27. The Kier molecular flexibility index (Phi) is 3.31. The summed E-state index contributed by atoms with van der Waals surface area (Å²) >= 11 is 11.6. The summed E-state index contributed by atoms with van der Waals surface area (Å²) < 4.78 is 26.2. The molecule has 2 N–H and O–H groups in total. The maximum Gasteiger partial charge on any atom is 0.248 e. The summed E-state index contributed by atoms with van der Waals surface area (Å²) in [6.45, 7) is 0. The molecule has 6 heteroatoms. The molecule has 94 valence electrons. The zero-order valence-corrected chi connectivity index (χ0v) is 10.5. The molecule has 0 aliphatic heterocycles. The average molecular weight is 281 g/mol. The number of halogens is 4. The van der Waals surface area contributed by atoms with Crippen molar-refractivity contribution in [3.63, 3.8) is 0 Å². The van der Waals surface area contributed by atoms with Crippen molar-refractivity contribution in [1.29, 1.82) is 0 Å². The molecule has 1 aromatic heterocycles. The lowest BCUT2D eigenvalue weighted by Gasteiger charge is -2.37. The Labute approximate surface area is 108 Å². The van der Waals surface area contributed by atoms with Crippen LogP contribution in [0.5, 0.6) is 0 Å². The van der Waals surface area contributed by atoms with E-state index in [9.17, 15) is 8.78 Å². The van der Waals surface area contributed by atoms with Crippen LogP contribution in [0.25, 0.3) is 0 Å². The van der Waals surface area contributed by atoms with Crippen molar-refractivity contribution < 1.29 is 8.78 Å². The lowest BCUT2D eigenvalue weighted by atomic mass is 9.76. The van der Waals surface area contributed by atoms with Gasteiger partial charge in [0.15, 0.2) is 0 Å². The largest absolute Gasteiger partial charge is 0.321 e. The topological polar surface area (TPSA) is 38.9 Å². The van der Waals surface area contributed by atoms with Gasteiger partial charge in [0, 0.05) is 24.6 Å². The van der Waals surface area contributed by atoms with Crippen LogP contribution in [0.1, 0.15) is 31.2 Å². The molecular weight excluding hydrogens is 269 g/mol. The molecule has 2 rings (SSSR count). The first kappa shape index (κ1) is 13.0. The third kappa shape index (κ3) is 2.69. The minimum Gasteiger partial charge on any atom is -0.321 e. The molecular formula is C11H12Cl2F2N2. The lowest BCUT2D eigenvalue weighted by Crippen LogP contribution is -2.43. The molecule has 0 atom stereocenters. The third-order valence-corrected chi connectivity index (χ3v) is 3.93. The van der Waals surface area contributed by atoms with Gasteiger partial charge in [0.25, 0.3) is 0 Å². The summed E-state index contributed by atoms with van der Waals surface area (Å²) in [5.74, 6) is -2.60. The van der Waals surface area contributed by atoms with Crippen LogP contribution < -0.4 is 5.73 Å². The lowest BCUT2D eigenvalue weighted by molar-refractivity contribution is -0.0514. The van der Waals surface area contributed by atoms with Crippen LogP contribution in [0.3, 0.4) is 0 Å². The summed E-state index contributed by atoms with van der Waals surface area (Å²) in [6, 6.07) is 1.61. The van der Waals surface area contributed by atoms with Gasteiger partial charge in [0.05, 0.1) is 5.02 Å². The van der Waals surface area contributed by atoms with Crippen LogP contribution in [0.4, 0.5) is 8.78 Å². The molecule has 0 radical (unpaired) electrons. The molecule has 1 heterocycles. The predicted molar refractivity (Wildman–Crippen MR) is 63.5 cm³/mol. The van der Waals surface area contributed by atoms with Gasteiger partial charge < -0.3 is 5.73 Å². The maximum atomic E-state index is 13.1. The van der Waals surface area contributed by atoms with Crippen molar-refractivity contribution >= 4 is 23.2 Å². The van der Waals surface area contributed by atoms with Crippen molar-refractivity contribution in [2.24, 2.45) is 5.73 Å². The van der Waals surface area contributed by atoms with Crippen molar-refractivity contribution in [2.75, 3.05) is 0 Å². The molecule has 0 spiro atoms. The van der Waals surface area contributed by atoms with Gasteiger partial charge in [-0.25, -0.2) is 13.8 Å². The highest BCUT2D eigenvalue weighted by atomic mass is 35.5. The van der Waals surface area contributed by atoms with Crippen LogP contribution in [0.15, 0.2) is 12.3 Å². The van der Waals surface area contributed by atoms with Gasteiger partial charge in [-0.1, -0.05) is 23.2 Å². The molecule has 1 saturated carbocycles. The van der Waals surface area contributed by atoms with E-state index >= 15 is 0 Å². The fourth-order valence-corrected chi connectivity index (χ4v) is 2.31. The van der Waals surface area contributed by atoms with Crippen LogP contribution in [0.2, 0.25) is 10.2 Å². The van der Waals surface area contributed by atoms with E-state index in [1.54, 1.807) is 6.07 Å². The van der Waals surface area contributed by atoms with Crippen LogP contribution in [-0.4, -0.2) is 10.9 Å². The Morgan fingerprint density at radius 1 is 1.18 bits per heavy atom. The Morgan fingerprint density at radius 3 is 2.29 bits per heavy atom. The summed E-state index contributed by atoms with van der Waals surface area (Å²) in [5, 5.41) is 0.492. The third-order valence-electron chi connectivity index (χ3n) is 3.24. The van der Waals surface area contributed by atoms with Crippen molar-refractivity contribution in [1.82, 2.24) is 4.98 Å². The van der Waals surface area contributed by atoms with Gasteiger partial charge in [0.2, 0.25) is 5.92 Å². The van der Waals surface area contributed by atoms with Crippen LogP contribution in [0, 0.1) is 0 Å². The Hall–Kier alpha value is -0.450. The van der Waals surface area contributed by atoms with Gasteiger partial charge in [-0.05, 0) is 24.5 Å². The number of hydrogen-bond acceptors (Lipinski definition) is 2. The van der Waals surface area contributed by atoms with E-state index in [2.05, 4.69) is 4.98 Å². The highest BCUT2D eigenvalue weighted by Gasteiger charge is 2.42. The molecule has 0 saturated heterocycles. The molecule has 0 unspecified atom stereocenters. The number of alkyl halides is 2. The number of rotatable bonds is 1. The fourth-order valence-electron chi connectivity index (χ4n) is 2.04. The summed E-state index contributed by atoms with van der Waals surface area (Å²) in [6.07, 6.45) is 1.55. The van der Waals surface area contributed by atoms with Gasteiger partial charge in [0.1, 0.15) is 5.15 Å². The van der Waals surface area contributed by atoms with Crippen molar-refractivity contribution in [3.8, 4) is 0 Å². The number of hydrogen-bond donors (Lipinski definition) is 1. The second kappa shape index (κ2) is 4.34. The number of nitrogens with zero attached hydrogens (tertiary/aromatic N) is 1. The van der Waals surface area contributed by atoms with E-state index in [1.807, 2.05) is 0 Å². The molecule has 2 nitrogen and oxygen atoms in total. The molecule has 0 bridgehead atoms. The molecule has 1 aromatic rings. The highest BCUT2D eigenvalue weighted by molar-refractivity contribution is 6.41. The zero-order chi connectivity index (χ0) is 12.7. The summed E-state index contributed by atoms with van der Waals surface area (Å²) in [5.41, 5.74) is 6.04. The predicted octanol–water partition coefficient (Wildman–Crippen LogP) is 3.75. The number of aromatic nitrogens is 1. The second-order valence-electron chi connectivity index (χ2n) is 4.51. The zero-order valence-electron chi connectivity index (χ0n) is 9.02. The average Bonchev–Trinajstić information content (AvgIpc) is 2.27. The molecule has 0 aromatic carbocycles.